The summed E-state index contributed by atoms with van der Waals surface area (Å²) in [5.41, 5.74) is 1.77. The highest BCUT2D eigenvalue weighted by molar-refractivity contribution is 5.42. The molecule has 0 heterocycles. The van der Waals surface area contributed by atoms with Gasteiger partial charge in [0.1, 0.15) is 0 Å². The maximum atomic E-state index is 10.8. The largest absolute Gasteiger partial charge is 0.379 e. The van der Waals surface area contributed by atoms with Crippen LogP contribution in [0.5, 0.6) is 0 Å². The van der Waals surface area contributed by atoms with Crippen LogP contribution in [-0.2, 0) is 11.3 Å². The first-order chi connectivity index (χ1) is 9.50. The van der Waals surface area contributed by atoms with Gasteiger partial charge >= 0.3 is 0 Å². The van der Waals surface area contributed by atoms with Crippen LogP contribution in [0, 0.1) is 17.0 Å². The maximum Gasteiger partial charge on any atom is 0.272 e. The Morgan fingerprint density at radius 1 is 1.35 bits per heavy atom. The Kier molecular flexibility index (Phi) is 7.14. The molecule has 112 valence electrons. The average Bonchev–Trinajstić information content (AvgIpc) is 2.38. The van der Waals surface area contributed by atoms with Gasteiger partial charge in [0.05, 0.1) is 18.1 Å². The molecular weight excluding hydrogens is 258 g/mol. The van der Waals surface area contributed by atoms with Gasteiger partial charge in [0.15, 0.2) is 0 Å². The molecule has 0 aliphatic carbocycles. The number of nitrogens with one attached hydrogen (secondary N) is 1. The molecule has 1 aromatic carbocycles. The number of aryl methyl sites for hydroxylation is 1. The first-order valence-electron chi connectivity index (χ1n) is 6.68. The normalized spacial score (nSPS) is 11.0. The van der Waals surface area contributed by atoms with Crippen LogP contribution in [0.3, 0.4) is 0 Å². The fourth-order valence-corrected chi connectivity index (χ4v) is 1.69. The zero-order valence-electron chi connectivity index (χ0n) is 12.4. The number of hydrogen-bond acceptors (Lipinski definition) is 5. The Morgan fingerprint density at radius 2 is 2.10 bits per heavy atom. The molecule has 0 aromatic heterocycles. The Balaban J connectivity index is 2.25. The van der Waals surface area contributed by atoms with Crippen molar-refractivity contribution < 1.29 is 9.66 Å². The summed E-state index contributed by atoms with van der Waals surface area (Å²) in [4.78, 5) is 12.6. The molecule has 20 heavy (non-hydrogen) atoms. The smallest absolute Gasteiger partial charge is 0.272 e. The number of nitro benzene ring substituents is 1. The van der Waals surface area contributed by atoms with E-state index in [4.69, 9.17) is 4.74 Å². The minimum atomic E-state index is -0.344. The SMILES string of the molecule is Cc1ccc(CNCCOCCN(C)C)cc1[N+](=O)[O-]. The van der Waals surface area contributed by atoms with Crippen LogP contribution in [0.2, 0.25) is 0 Å². The second-order valence-corrected chi connectivity index (χ2v) is 4.97. The Morgan fingerprint density at radius 3 is 2.75 bits per heavy atom. The highest BCUT2D eigenvalue weighted by Gasteiger charge is 2.10. The van der Waals surface area contributed by atoms with E-state index in [1.807, 2.05) is 20.2 Å². The standard InChI is InChI=1S/C14H23N3O3/c1-12-4-5-13(10-14(12)17(18)19)11-15-6-8-20-9-7-16(2)3/h4-5,10,15H,6-9,11H2,1-3H3. The van der Waals surface area contributed by atoms with E-state index in [0.717, 1.165) is 18.7 Å². The summed E-state index contributed by atoms with van der Waals surface area (Å²) in [5, 5.41) is 14.1. The van der Waals surface area contributed by atoms with Crippen LogP contribution in [-0.4, -0.2) is 50.2 Å². The molecule has 1 N–H and O–H groups in total. The Hall–Kier alpha value is -1.50. The van der Waals surface area contributed by atoms with Gasteiger partial charge in [-0.05, 0) is 26.6 Å². The number of nitro groups is 1. The van der Waals surface area contributed by atoms with Gasteiger partial charge in [0.2, 0.25) is 0 Å². The molecule has 0 radical (unpaired) electrons. The first-order valence-corrected chi connectivity index (χ1v) is 6.68. The first kappa shape index (κ1) is 16.6. The van der Waals surface area contributed by atoms with E-state index in [0.29, 0.717) is 25.3 Å². The lowest BCUT2D eigenvalue weighted by Gasteiger charge is -2.10. The van der Waals surface area contributed by atoms with E-state index in [1.54, 1.807) is 19.1 Å². The molecule has 1 rings (SSSR count). The highest BCUT2D eigenvalue weighted by Crippen LogP contribution is 2.18. The van der Waals surface area contributed by atoms with Crippen LogP contribution >= 0.6 is 0 Å². The number of nitrogens with zero attached hydrogens (tertiary/aromatic N) is 2. The minimum absolute atomic E-state index is 0.173. The van der Waals surface area contributed by atoms with E-state index in [-0.39, 0.29) is 10.6 Å². The second kappa shape index (κ2) is 8.63. The van der Waals surface area contributed by atoms with Gasteiger partial charge in [-0.2, -0.15) is 0 Å². The quantitative estimate of drug-likeness (QED) is 0.423. The summed E-state index contributed by atoms with van der Waals surface area (Å²) < 4.78 is 5.45. The number of likely N-dealkylation sites (N-methyl/N-ethyl adjacent to an activating group) is 1. The van der Waals surface area contributed by atoms with E-state index < -0.39 is 0 Å². The zero-order chi connectivity index (χ0) is 15.0. The monoisotopic (exact) mass is 281 g/mol. The molecule has 0 amide bonds. The topological polar surface area (TPSA) is 67.6 Å². The third kappa shape index (κ3) is 6.10. The van der Waals surface area contributed by atoms with Crippen LogP contribution in [0.1, 0.15) is 11.1 Å². The van der Waals surface area contributed by atoms with Crippen LogP contribution < -0.4 is 5.32 Å². The average molecular weight is 281 g/mol. The van der Waals surface area contributed by atoms with Crippen molar-refractivity contribution >= 4 is 5.69 Å². The number of rotatable bonds is 9. The van der Waals surface area contributed by atoms with E-state index in [9.17, 15) is 10.1 Å². The van der Waals surface area contributed by atoms with Crippen LogP contribution in [0.15, 0.2) is 18.2 Å². The van der Waals surface area contributed by atoms with Crippen molar-refractivity contribution in [2.24, 2.45) is 0 Å². The van der Waals surface area contributed by atoms with E-state index in [2.05, 4.69) is 10.2 Å². The summed E-state index contributed by atoms with van der Waals surface area (Å²) in [7, 11) is 4.01. The van der Waals surface area contributed by atoms with Crippen LogP contribution in [0.4, 0.5) is 5.69 Å². The molecule has 0 spiro atoms. The van der Waals surface area contributed by atoms with Gasteiger partial charge in [-0.3, -0.25) is 10.1 Å². The number of ether oxygens (including phenoxy) is 1. The molecule has 0 bridgehead atoms. The maximum absolute atomic E-state index is 10.8. The summed E-state index contributed by atoms with van der Waals surface area (Å²) in [6.45, 7) is 5.35. The Bertz CT molecular complexity index is 436. The van der Waals surface area contributed by atoms with Gasteiger partial charge in [-0.1, -0.05) is 12.1 Å². The van der Waals surface area contributed by atoms with Crippen molar-refractivity contribution in [3.8, 4) is 0 Å². The summed E-state index contributed by atoms with van der Waals surface area (Å²) in [5.74, 6) is 0. The van der Waals surface area contributed by atoms with Gasteiger partial charge in [-0.25, -0.2) is 0 Å². The lowest BCUT2D eigenvalue weighted by Crippen LogP contribution is -2.23. The van der Waals surface area contributed by atoms with Gasteiger partial charge in [0.25, 0.3) is 5.69 Å². The molecule has 0 aliphatic heterocycles. The molecule has 6 heteroatoms. The van der Waals surface area contributed by atoms with Crippen molar-refractivity contribution in [3.63, 3.8) is 0 Å². The third-order valence-corrected chi connectivity index (χ3v) is 2.91. The molecule has 6 nitrogen and oxygen atoms in total. The van der Waals surface area contributed by atoms with Crippen molar-refractivity contribution in [3.05, 3.63) is 39.4 Å². The minimum Gasteiger partial charge on any atom is -0.379 e. The summed E-state index contributed by atoms with van der Waals surface area (Å²) in [6, 6.07) is 5.31. The highest BCUT2D eigenvalue weighted by atomic mass is 16.6. The second-order valence-electron chi connectivity index (χ2n) is 4.97. The Labute approximate surface area is 119 Å². The fraction of sp³-hybridized carbons (Fsp3) is 0.571. The van der Waals surface area contributed by atoms with Crippen molar-refractivity contribution in [1.82, 2.24) is 10.2 Å². The molecule has 0 unspecified atom stereocenters. The number of hydrogen-bond donors (Lipinski definition) is 1. The molecule has 0 fully saturated rings. The lowest BCUT2D eigenvalue weighted by atomic mass is 10.1. The molecule has 0 saturated heterocycles. The number of benzene rings is 1. The van der Waals surface area contributed by atoms with E-state index >= 15 is 0 Å². The zero-order valence-corrected chi connectivity index (χ0v) is 12.4. The lowest BCUT2D eigenvalue weighted by molar-refractivity contribution is -0.385. The molecule has 1 aromatic rings. The summed E-state index contributed by atoms with van der Waals surface area (Å²) >= 11 is 0. The predicted octanol–water partition coefficient (Wildman–Crippen LogP) is 1.57. The van der Waals surface area contributed by atoms with Crippen molar-refractivity contribution in [2.45, 2.75) is 13.5 Å². The molecule has 0 saturated carbocycles. The van der Waals surface area contributed by atoms with Crippen molar-refractivity contribution in [2.75, 3.05) is 40.4 Å². The molecular formula is C14H23N3O3. The van der Waals surface area contributed by atoms with Crippen LogP contribution in [0.25, 0.3) is 0 Å². The van der Waals surface area contributed by atoms with E-state index in [1.165, 1.54) is 0 Å². The van der Waals surface area contributed by atoms with Gasteiger partial charge < -0.3 is 15.0 Å². The molecule has 0 aliphatic rings. The third-order valence-electron chi connectivity index (χ3n) is 2.91. The van der Waals surface area contributed by atoms with Gasteiger partial charge in [0, 0.05) is 31.3 Å². The molecule has 0 atom stereocenters. The predicted molar refractivity (Wildman–Crippen MR) is 78.9 cm³/mol. The fourth-order valence-electron chi connectivity index (χ4n) is 1.69. The van der Waals surface area contributed by atoms with Crippen molar-refractivity contribution in [1.29, 1.82) is 0 Å². The summed E-state index contributed by atoms with van der Waals surface area (Å²) in [6.07, 6.45) is 0. The van der Waals surface area contributed by atoms with Gasteiger partial charge in [-0.15, -0.1) is 0 Å².